The molecule has 0 radical (unpaired) electrons. The van der Waals surface area contributed by atoms with Crippen LogP contribution in [-0.2, 0) is 23.7 Å². The van der Waals surface area contributed by atoms with Gasteiger partial charge in [0.05, 0.1) is 12.8 Å². The molecule has 0 aliphatic heterocycles. The van der Waals surface area contributed by atoms with Gasteiger partial charge in [0.1, 0.15) is 18.1 Å². The van der Waals surface area contributed by atoms with E-state index < -0.39 is 62.2 Å². The summed E-state index contributed by atoms with van der Waals surface area (Å²) in [7, 11) is -4.00. The van der Waals surface area contributed by atoms with Gasteiger partial charge in [-0.1, -0.05) is 12.8 Å². The summed E-state index contributed by atoms with van der Waals surface area (Å²) in [6, 6.07) is -3.78. The number of hydrogen-bond donors (Lipinski definition) is 13. The van der Waals surface area contributed by atoms with E-state index in [1.165, 1.54) is 30.4 Å². The summed E-state index contributed by atoms with van der Waals surface area (Å²) in [6.07, 6.45) is 5.30. The summed E-state index contributed by atoms with van der Waals surface area (Å²) in [5.74, 6) is -3.87. The third kappa shape index (κ3) is 31.2. The molecule has 0 saturated carbocycles. The summed E-state index contributed by atoms with van der Waals surface area (Å²) < 4.78 is 14.0. The maximum atomic E-state index is 14.0. The Morgan fingerprint density at radius 2 is 1.06 bits per heavy atom. The number of carboxylic acids is 3. The SMILES string of the molecule is Cl.Cl.Cl.Cl.N=CCNCCCCC(NP(=O)(CNCC(=O)NC(CSCCNCC=N)C(=O)O)NC(CCCCNCC=N)C(=O)O)C(=O)O. The average molecular weight is 841 g/mol. The smallest absolute Gasteiger partial charge is 0.327 e. The number of aliphatic carboxylic acids is 3. The lowest BCUT2D eigenvalue weighted by molar-refractivity contribution is -0.141. The Hall–Kier alpha value is -1.61. The van der Waals surface area contributed by atoms with Crippen molar-refractivity contribution in [1.82, 2.24) is 36.8 Å². The Morgan fingerprint density at radius 3 is 1.46 bits per heavy atom. The van der Waals surface area contributed by atoms with Crippen LogP contribution in [0.2, 0.25) is 0 Å². The molecule has 0 spiro atoms. The largest absolute Gasteiger partial charge is 0.480 e. The second kappa shape index (κ2) is 37.2. The van der Waals surface area contributed by atoms with Crippen LogP contribution >= 0.6 is 68.8 Å². The standard InChI is InChI=1S/C26H51N10O8PS.4ClH/c27-7-12-30-10-3-1-5-20(24(38)39)35-45(44,36-21(25(40)41)6-2-4-11-31-13-8-28)19-33-17-23(37)34-22(26(42)43)18-46-16-15-32-14-9-29;;;;/h7-9,20-22,27-33H,1-6,10-19H2,(H,34,37)(H,38,39)(H,40,41)(H,42,43)(H2,35,36,44);4*1H. The summed E-state index contributed by atoms with van der Waals surface area (Å²) in [5, 5.41) is 69.3. The second-order valence-electron chi connectivity index (χ2n) is 10.1. The molecule has 0 aromatic rings. The highest BCUT2D eigenvalue weighted by Crippen LogP contribution is 2.37. The van der Waals surface area contributed by atoms with E-state index in [0.29, 0.717) is 70.7 Å². The van der Waals surface area contributed by atoms with Crippen LogP contribution < -0.4 is 36.8 Å². The zero-order valence-electron chi connectivity index (χ0n) is 27.6. The van der Waals surface area contributed by atoms with Gasteiger partial charge in [-0.25, -0.2) is 15.0 Å². The average Bonchev–Trinajstić information content (AvgIpc) is 3.00. The van der Waals surface area contributed by atoms with E-state index in [-0.39, 0.29) is 68.2 Å². The molecule has 0 aliphatic rings. The molecule has 0 saturated heterocycles. The number of unbranched alkanes of at least 4 members (excludes halogenated alkanes) is 2. The van der Waals surface area contributed by atoms with E-state index in [1.54, 1.807) is 0 Å². The monoisotopic (exact) mass is 838 g/mol. The van der Waals surface area contributed by atoms with Crippen molar-refractivity contribution < 1.29 is 39.1 Å². The molecule has 3 unspecified atom stereocenters. The van der Waals surface area contributed by atoms with E-state index in [0.717, 1.165) is 0 Å². The van der Waals surface area contributed by atoms with Crippen molar-refractivity contribution in [2.45, 2.75) is 56.7 Å². The molecule has 0 aromatic carbocycles. The molecule has 0 rings (SSSR count). The Kier molecular flexibility index (Phi) is 42.9. The summed E-state index contributed by atoms with van der Waals surface area (Å²) in [6.45, 7) is 2.33. The van der Waals surface area contributed by atoms with E-state index in [2.05, 4.69) is 36.8 Å². The fourth-order valence-electron chi connectivity index (χ4n) is 3.93. The zero-order valence-corrected chi connectivity index (χ0v) is 32.6. The number of nitrogens with one attached hydrogen (secondary N) is 10. The topological polar surface area (TPSA) is 302 Å². The quantitative estimate of drug-likeness (QED) is 0.0248. The minimum absolute atomic E-state index is 0. The number of hydrogen-bond acceptors (Lipinski definition) is 13. The van der Waals surface area contributed by atoms with Crippen LogP contribution in [0.1, 0.15) is 38.5 Å². The summed E-state index contributed by atoms with van der Waals surface area (Å²) in [5.41, 5.74) is 0. The summed E-state index contributed by atoms with van der Waals surface area (Å²) >= 11 is 1.30. The molecule has 0 fully saturated rings. The van der Waals surface area contributed by atoms with Crippen molar-refractivity contribution in [3.05, 3.63) is 0 Å². The predicted octanol–water partition coefficient (Wildman–Crippen LogP) is 0.860. The third-order valence-corrected chi connectivity index (χ3v) is 9.41. The first kappa shape index (κ1) is 57.7. The number of rotatable bonds is 33. The van der Waals surface area contributed by atoms with Crippen molar-refractivity contribution in [2.24, 2.45) is 0 Å². The number of thioether (sulfide) groups is 1. The molecule has 18 nitrogen and oxygen atoms in total. The molecule has 1 amide bonds. The van der Waals surface area contributed by atoms with Crippen molar-refractivity contribution >= 4 is 111 Å². The first-order chi connectivity index (χ1) is 22.0. The molecule has 13 N–H and O–H groups in total. The lowest BCUT2D eigenvalue weighted by atomic mass is 10.1. The highest BCUT2D eigenvalue weighted by molar-refractivity contribution is 7.99. The van der Waals surface area contributed by atoms with Crippen molar-refractivity contribution in [3.8, 4) is 0 Å². The third-order valence-electron chi connectivity index (χ3n) is 6.22. The van der Waals surface area contributed by atoms with Crippen LogP contribution in [0.5, 0.6) is 0 Å². The van der Waals surface area contributed by atoms with Crippen LogP contribution in [0.3, 0.4) is 0 Å². The van der Waals surface area contributed by atoms with Gasteiger partial charge in [-0.2, -0.15) is 11.8 Å². The van der Waals surface area contributed by atoms with Crippen LogP contribution in [0.25, 0.3) is 0 Å². The second-order valence-corrected chi connectivity index (χ2v) is 13.6. The predicted molar refractivity (Wildman–Crippen MR) is 208 cm³/mol. The molecule has 0 aromatic heterocycles. The fourth-order valence-corrected chi connectivity index (χ4v) is 7.02. The number of halogens is 4. The van der Waals surface area contributed by atoms with Gasteiger partial charge in [0, 0.05) is 56.3 Å². The van der Waals surface area contributed by atoms with E-state index in [9.17, 15) is 39.1 Å². The van der Waals surface area contributed by atoms with Crippen LogP contribution in [0.4, 0.5) is 0 Å². The molecule has 24 heteroatoms. The maximum Gasteiger partial charge on any atom is 0.327 e. The molecular weight excluding hydrogens is 785 g/mol. The van der Waals surface area contributed by atoms with Gasteiger partial charge in [0.15, 0.2) is 0 Å². The van der Waals surface area contributed by atoms with Crippen molar-refractivity contribution in [3.63, 3.8) is 0 Å². The van der Waals surface area contributed by atoms with Gasteiger partial charge >= 0.3 is 17.9 Å². The normalized spacial score (nSPS) is 13.2. The molecule has 0 bridgehead atoms. The van der Waals surface area contributed by atoms with E-state index in [1.807, 2.05) is 0 Å². The highest BCUT2D eigenvalue weighted by atomic mass is 35.5. The molecule has 3 atom stereocenters. The molecule has 0 heterocycles. The highest BCUT2D eigenvalue weighted by Gasteiger charge is 2.33. The van der Waals surface area contributed by atoms with Crippen LogP contribution in [0.15, 0.2) is 0 Å². The lowest BCUT2D eigenvalue weighted by Gasteiger charge is -2.28. The molecule has 50 heavy (non-hydrogen) atoms. The number of carbonyl (C=O) groups excluding carboxylic acids is 1. The Labute approximate surface area is 322 Å². The Balaban J connectivity index is -0.00000169. The van der Waals surface area contributed by atoms with Crippen LogP contribution in [-0.4, -0.2) is 140 Å². The van der Waals surface area contributed by atoms with Gasteiger partial charge < -0.3 is 52.8 Å². The van der Waals surface area contributed by atoms with E-state index in [4.69, 9.17) is 16.2 Å². The fraction of sp³-hybridized carbons (Fsp3) is 0.731. The Morgan fingerprint density at radius 1 is 0.640 bits per heavy atom. The number of amides is 1. The van der Waals surface area contributed by atoms with Crippen molar-refractivity contribution in [1.29, 1.82) is 16.2 Å². The lowest BCUT2D eigenvalue weighted by Crippen LogP contribution is -2.48. The molecular formula is C26H55Cl4N10O8PS. The van der Waals surface area contributed by atoms with E-state index >= 15 is 0 Å². The molecule has 296 valence electrons. The van der Waals surface area contributed by atoms with Crippen LogP contribution in [0, 0.1) is 16.2 Å². The first-order valence-electron chi connectivity index (χ1n) is 15.0. The minimum Gasteiger partial charge on any atom is -0.480 e. The summed E-state index contributed by atoms with van der Waals surface area (Å²) in [4.78, 5) is 48.2. The first-order valence-corrected chi connectivity index (χ1v) is 18.0. The van der Waals surface area contributed by atoms with Gasteiger partial charge in [0.25, 0.3) is 0 Å². The number of carboxylic acid groups (broad SMARTS) is 3. The van der Waals surface area contributed by atoms with Gasteiger partial charge in [-0.05, 0) is 38.8 Å². The Bertz CT molecular complexity index is 972. The van der Waals surface area contributed by atoms with Gasteiger partial charge in [-0.3, -0.25) is 24.3 Å². The zero-order chi connectivity index (χ0) is 34.6. The van der Waals surface area contributed by atoms with Gasteiger partial charge in [0.2, 0.25) is 13.4 Å². The number of carbonyl (C=O) groups is 4. The molecule has 0 aliphatic carbocycles. The minimum atomic E-state index is -4.00. The van der Waals surface area contributed by atoms with Gasteiger partial charge in [-0.15, -0.1) is 49.6 Å². The van der Waals surface area contributed by atoms with Crippen molar-refractivity contribution in [2.75, 3.05) is 63.6 Å². The maximum absolute atomic E-state index is 14.0.